The van der Waals surface area contributed by atoms with Gasteiger partial charge >= 0.3 is 35.8 Å². The summed E-state index contributed by atoms with van der Waals surface area (Å²) in [6.45, 7) is 11.2. The molecule has 0 aromatic carbocycles. The molecule has 0 saturated carbocycles. The molecule has 0 bridgehead atoms. The second-order valence-corrected chi connectivity index (χ2v) is 8.56. The van der Waals surface area contributed by atoms with Crippen LogP contribution in [0.15, 0.2) is 38.0 Å². The van der Waals surface area contributed by atoms with Crippen molar-refractivity contribution >= 4 is 35.8 Å². The Hall–Kier alpha value is -4.00. The van der Waals surface area contributed by atoms with Crippen molar-refractivity contribution in [3.05, 3.63) is 38.0 Å². The molecule has 0 radical (unpaired) electrons. The molecule has 238 valence electrons. The molecule has 0 aliphatic carbocycles. The Morgan fingerprint density at radius 3 is 1.38 bits per heavy atom. The van der Waals surface area contributed by atoms with Crippen molar-refractivity contribution < 1.29 is 62.7 Å². The predicted molar refractivity (Wildman–Crippen MR) is 150 cm³/mol. The van der Waals surface area contributed by atoms with E-state index in [4.69, 9.17) is 24.4 Å². The molecule has 1 aliphatic rings. The molecular weight excluding hydrogens is 556 g/mol. The molecule has 0 aromatic rings. The van der Waals surface area contributed by atoms with Crippen LogP contribution in [0.4, 0.5) is 0 Å². The summed E-state index contributed by atoms with van der Waals surface area (Å²) in [7, 11) is 0. The highest BCUT2D eigenvalue weighted by Gasteiger charge is 2.17. The van der Waals surface area contributed by atoms with E-state index >= 15 is 0 Å². The van der Waals surface area contributed by atoms with Gasteiger partial charge in [0, 0.05) is 43.9 Å². The third-order valence-electron chi connectivity index (χ3n) is 4.98. The maximum Gasteiger partial charge on any atom is 0.330 e. The number of carboxylic acid groups (broad SMARTS) is 2. The number of carbonyl (C=O) groups excluding carboxylic acids is 4. The summed E-state index contributed by atoms with van der Waals surface area (Å²) in [5, 5.41) is 16.5. The van der Waals surface area contributed by atoms with Gasteiger partial charge in [-0.1, -0.05) is 19.7 Å². The Morgan fingerprint density at radius 2 is 1.05 bits per heavy atom. The highest BCUT2D eigenvalue weighted by molar-refractivity contribution is 5.81. The summed E-state index contributed by atoms with van der Waals surface area (Å²) in [4.78, 5) is 63.1. The number of rotatable bonds is 19. The number of esters is 4. The van der Waals surface area contributed by atoms with Crippen molar-refractivity contribution in [3.63, 3.8) is 0 Å². The van der Waals surface area contributed by atoms with Crippen LogP contribution in [0, 0.1) is 0 Å². The van der Waals surface area contributed by atoms with Gasteiger partial charge in [0.05, 0.1) is 26.4 Å². The molecule has 0 aromatic heterocycles. The van der Waals surface area contributed by atoms with Gasteiger partial charge in [0.15, 0.2) is 0 Å². The highest BCUT2D eigenvalue weighted by atomic mass is 16.7. The lowest BCUT2D eigenvalue weighted by atomic mass is 10.2. The van der Waals surface area contributed by atoms with Crippen LogP contribution >= 0.6 is 0 Å². The minimum atomic E-state index is -0.829. The smallest absolute Gasteiger partial charge is 0.330 e. The standard InChI is InChI=1S/C13H20O5.2C8H12O4/c1-2-11(14)16-9-5-3-7-12(15)18-13-8-4-6-10-17-13;2*1-2-8(11)12-6-4-3-5-7(9)10/h2,13H,1,3-10H2;2*2H,1,3-6H2,(H,9,10). The third-order valence-corrected chi connectivity index (χ3v) is 4.98. The minimum Gasteiger partial charge on any atom is -0.481 e. The molecule has 0 amide bonds. The van der Waals surface area contributed by atoms with E-state index in [9.17, 15) is 28.8 Å². The molecule has 13 nitrogen and oxygen atoms in total. The zero-order chi connectivity index (χ0) is 32.0. The topological polar surface area (TPSA) is 189 Å². The van der Waals surface area contributed by atoms with Gasteiger partial charge in [-0.05, 0) is 51.4 Å². The monoisotopic (exact) mass is 600 g/mol. The quantitative estimate of drug-likeness (QED) is 0.0940. The predicted octanol–water partition coefficient (Wildman–Crippen LogP) is 3.90. The van der Waals surface area contributed by atoms with Crippen molar-refractivity contribution in [2.75, 3.05) is 26.4 Å². The SMILES string of the molecule is C=CC(=O)OCCCCC(=O)O.C=CC(=O)OCCCCC(=O)O.C=CC(=O)OCCCCC(=O)OC1CCCCO1. The molecule has 13 heteroatoms. The van der Waals surface area contributed by atoms with Gasteiger partial charge < -0.3 is 33.9 Å². The number of hydrogen-bond acceptors (Lipinski definition) is 11. The van der Waals surface area contributed by atoms with E-state index < -0.39 is 29.8 Å². The number of carbonyl (C=O) groups is 6. The normalized spacial score (nSPS) is 13.3. The maximum absolute atomic E-state index is 11.4. The molecule has 42 heavy (non-hydrogen) atoms. The highest BCUT2D eigenvalue weighted by Crippen LogP contribution is 2.14. The lowest BCUT2D eigenvalue weighted by molar-refractivity contribution is -0.186. The van der Waals surface area contributed by atoms with Crippen LogP contribution in [-0.2, 0) is 52.5 Å². The van der Waals surface area contributed by atoms with Gasteiger partial charge in [0.2, 0.25) is 6.29 Å². The minimum absolute atomic E-state index is 0.117. The fourth-order valence-electron chi connectivity index (χ4n) is 2.83. The first kappa shape index (κ1) is 40.1. The molecule has 0 spiro atoms. The van der Waals surface area contributed by atoms with E-state index in [1.165, 1.54) is 0 Å². The Kier molecular flexibility index (Phi) is 27.3. The van der Waals surface area contributed by atoms with Crippen LogP contribution < -0.4 is 0 Å². The molecule has 1 atom stereocenters. The van der Waals surface area contributed by atoms with Gasteiger partial charge in [0.25, 0.3) is 0 Å². The Bertz CT molecular complexity index is 804. The molecule has 1 unspecified atom stereocenters. The molecule has 1 heterocycles. The average Bonchev–Trinajstić information content (AvgIpc) is 2.97. The summed E-state index contributed by atoms with van der Waals surface area (Å²) >= 11 is 0. The summed E-state index contributed by atoms with van der Waals surface area (Å²) in [6.07, 6.45) is 9.80. The first-order chi connectivity index (χ1) is 20.0. The van der Waals surface area contributed by atoms with Gasteiger partial charge in [-0.15, -0.1) is 0 Å². The van der Waals surface area contributed by atoms with Crippen LogP contribution in [0.5, 0.6) is 0 Å². The molecule has 2 N–H and O–H groups in total. The number of aliphatic carboxylic acids is 2. The van der Waals surface area contributed by atoms with E-state index in [0.29, 0.717) is 58.2 Å². The molecule has 1 fully saturated rings. The summed E-state index contributed by atoms with van der Waals surface area (Å²) in [6, 6.07) is 0. The number of unbranched alkanes of at least 4 members (excludes halogenated alkanes) is 3. The van der Waals surface area contributed by atoms with Crippen molar-refractivity contribution in [1.82, 2.24) is 0 Å². The third kappa shape index (κ3) is 30.5. The first-order valence-electron chi connectivity index (χ1n) is 13.7. The zero-order valence-electron chi connectivity index (χ0n) is 24.1. The van der Waals surface area contributed by atoms with Gasteiger partial charge in [-0.25, -0.2) is 14.4 Å². The van der Waals surface area contributed by atoms with Crippen LogP contribution in [0.25, 0.3) is 0 Å². The van der Waals surface area contributed by atoms with Crippen LogP contribution in [0.3, 0.4) is 0 Å². The average molecular weight is 601 g/mol. The van der Waals surface area contributed by atoms with Gasteiger partial charge in [0.1, 0.15) is 0 Å². The van der Waals surface area contributed by atoms with E-state index in [1.54, 1.807) is 0 Å². The van der Waals surface area contributed by atoms with E-state index in [2.05, 4.69) is 29.2 Å². The van der Waals surface area contributed by atoms with Crippen LogP contribution in [-0.4, -0.2) is 78.7 Å². The second kappa shape index (κ2) is 28.5. The second-order valence-electron chi connectivity index (χ2n) is 8.56. The van der Waals surface area contributed by atoms with E-state index in [0.717, 1.165) is 37.5 Å². The summed E-state index contributed by atoms with van der Waals surface area (Å²) in [5.41, 5.74) is 0. The fourth-order valence-corrected chi connectivity index (χ4v) is 2.83. The Balaban J connectivity index is 0. The Morgan fingerprint density at radius 1 is 0.643 bits per heavy atom. The molecule has 1 saturated heterocycles. The maximum atomic E-state index is 11.4. The number of ether oxygens (including phenoxy) is 5. The fraction of sp³-hybridized carbons (Fsp3) is 0.586. The summed E-state index contributed by atoms with van der Waals surface area (Å²) in [5.74, 6) is -3.28. The van der Waals surface area contributed by atoms with Crippen molar-refractivity contribution in [3.8, 4) is 0 Å². The zero-order valence-corrected chi connectivity index (χ0v) is 24.1. The number of carboxylic acids is 2. The lowest BCUT2D eigenvalue weighted by Gasteiger charge is -2.22. The van der Waals surface area contributed by atoms with Gasteiger partial charge in [-0.3, -0.25) is 14.4 Å². The summed E-state index contributed by atoms with van der Waals surface area (Å²) < 4.78 is 24.5. The lowest BCUT2D eigenvalue weighted by Crippen LogP contribution is -2.25. The molecular formula is C29H44O13. The van der Waals surface area contributed by atoms with Crippen LogP contribution in [0.1, 0.15) is 77.0 Å². The van der Waals surface area contributed by atoms with E-state index in [-0.39, 0.29) is 38.3 Å². The molecule has 1 aliphatic heterocycles. The Labute approximate surface area is 246 Å². The van der Waals surface area contributed by atoms with Crippen LogP contribution in [0.2, 0.25) is 0 Å². The largest absolute Gasteiger partial charge is 0.481 e. The molecule has 1 rings (SSSR count). The van der Waals surface area contributed by atoms with Gasteiger partial charge in [-0.2, -0.15) is 0 Å². The van der Waals surface area contributed by atoms with Crippen molar-refractivity contribution in [2.45, 2.75) is 83.3 Å². The number of hydrogen-bond donors (Lipinski definition) is 2. The van der Waals surface area contributed by atoms with Crippen molar-refractivity contribution in [2.24, 2.45) is 0 Å². The van der Waals surface area contributed by atoms with E-state index in [1.807, 2.05) is 0 Å². The first-order valence-corrected chi connectivity index (χ1v) is 13.7. The van der Waals surface area contributed by atoms with Crippen molar-refractivity contribution in [1.29, 1.82) is 0 Å².